The largest absolute Gasteiger partial charge is 0.372 e. The van der Waals surface area contributed by atoms with E-state index < -0.39 is 0 Å². The summed E-state index contributed by atoms with van der Waals surface area (Å²) in [5.74, 6) is 0.613. The summed E-state index contributed by atoms with van der Waals surface area (Å²) in [4.78, 5) is 2.32. The second-order valence-corrected chi connectivity index (χ2v) is 4.65. The normalized spacial score (nSPS) is 17.8. The van der Waals surface area contributed by atoms with Gasteiger partial charge in [-0.15, -0.1) is 0 Å². The van der Waals surface area contributed by atoms with Crippen molar-refractivity contribution in [2.45, 2.75) is 26.3 Å². The van der Waals surface area contributed by atoms with Crippen molar-refractivity contribution in [1.29, 1.82) is 0 Å². The third-order valence-electron chi connectivity index (χ3n) is 3.40. The SMILES string of the molecule is CC1CCN(c2ccc(F)c(CN)c2)CC1. The molecular formula is C13H19FN2. The number of halogens is 1. The molecule has 1 heterocycles. The third-order valence-corrected chi connectivity index (χ3v) is 3.40. The fourth-order valence-corrected chi connectivity index (χ4v) is 2.18. The number of hydrogen-bond donors (Lipinski definition) is 1. The first kappa shape index (κ1) is 11.4. The number of hydrogen-bond acceptors (Lipinski definition) is 2. The summed E-state index contributed by atoms with van der Waals surface area (Å²) in [7, 11) is 0. The first-order valence-corrected chi connectivity index (χ1v) is 5.94. The van der Waals surface area contributed by atoms with E-state index in [9.17, 15) is 4.39 Å². The molecule has 16 heavy (non-hydrogen) atoms. The Balaban J connectivity index is 2.14. The van der Waals surface area contributed by atoms with Crippen LogP contribution in [0.1, 0.15) is 25.3 Å². The first-order valence-electron chi connectivity index (χ1n) is 5.94. The lowest BCUT2D eigenvalue weighted by molar-refractivity contribution is 0.438. The fraction of sp³-hybridized carbons (Fsp3) is 0.538. The Morgan fingerprint density at radius 2 is 2.06 bits per heavy atom. The standard InChI is InChI=1S/C13H19FN2/c1-10-4-6-16(7-5-10)12-2-3-13(14)11(8-12)9-15/h2-3,8,10H,4-7,9,15H2,1H3. The zero-order valence-electron chi connectivity index (χ0n) is 9.75. The van der Waals surface area contributed by atoms with Crippen LogP contribution in [0.25, 0.3) is 0 Å². The smallest absolute Gasteiger partial charge is 0.127 e. The summed E-state index contributed by atoms with van der Waals surface area (Å²) in [5.41, 5.74) is 7.23. The van der Waals surface area contributed by atoms with E-state index in [4.69, 9.17) is 5.73 Å². The van der Waals surface area contributed by atoms with Crippen LogP contribution in [0.5, 0.6) is 0 Å². The highest BCUT2D eigenvalue weighted by Gasteiger charge is 2.16. The van der Waals surface area contributed by atoms with Gasteiger partial charge in [-0.25, -0.2) is 4.39 Å². The maximum atomic E-state index is 13.3. The van der Waals surface area contributed by atoms with Crippen LogP contribution in [-0.2, 0) is 6.54 Å². The van der Waals surface area contributed by atoms with E-state index >= 15 is 0 Å². The average molecular weight is 222 g/mol. The van der Waals surface area contributed by atoms with Gasteiger partial charge in [0, 0.05) is 30.9 Å². The van der Waals surface area contributed by atoms with Crippen LogP contribution < -0.4 is 10.6 Å². The van der Waals surface area contributed by atoms with Gasteiger partial charge in [0.15, 0.2) is 0 Å². The van der Waals surface area contributed by atoms with E-state index in [1.807, 2.05) is 12.1 Å². The molecule has 3 heteroatoms. The zero-order valence-corrected chi connectivity index (χ0v) is 9.75. The number of benzene rings is 1. The number of anilines is 1. The summed E-state index contributed by atoms with van der Waals surface area (Å²) < 4.78 is 13.3. The predicted octanol–water partition coefficient (Wildman–Crippen LogP) is 2.52. The Morgan fingerprint density at radius 3 is 2.69 bits per heavy atom. The van der Waals surface area contributed by atoms with Crippen molar-refractivity contribution in [3.63, 3.8) is 0 Å². The molecule has 0 bridgehead atoms. The van der Waals surface area contributed by atoms with Gasteiger partial charge in [-0.3, -0.25) is 0 Å². The summed E-state index contributed by atoms with van der Waals surface area (Å²) in [5, 5.41) is 0. The van der Waals surface area contributed by atoms with Crippen molar-refractivity contribution in [2.75, 3.05) is 18.0 Å². The molecular weight excluding hydrogens is 203 g/mol. The highest BCUT2D eigenvalue weighted by molar-refractivity contribution is 5.49. The quantitative estimate of drug-likeness (QED) is 0.833. The maximum absolute atomic E-state index is 13.3. The van der Waals surface area contributed by atoms with Gasteiger partial charge in [-0.2, -0.15) is 0 Å². The maximum Gasteiger partial charge on any atom is 0.127 e. The molecule has 1 saturated heterocycles. The van der Waals surface area contributed by atoms with Crippen LogP contribution in [0.4, 0.5) is 10.1 Å². The Hall–Kier alpha value is -1.09. The van der Waals surface area contributed by atoms with Crippen molar-refractivity contribution in [3.8, 4) is 0 Å². The van der Waals surface area contributed by atoms with Crippen molar-refractivity contribution in [3.05, 3.63) is 29.6 Å². The molecule has 1 aromatic rings. The monoisotopic (exact) mass is 222 g/mol. The highest BCUT2D eigenvalue weighted by Crippen LogP contribution is 2.24. The molecule has 2 N–H and O–H groups in total. The topological polar surface area (TPSA) is 29.3 Å². The number of nitrogens with zero attached hydrogens (tertiary/aromatic N) is 1. The molecule has 0 unspecified atom stereocenters. The Morgan fingerprint density at radius 1 is 1.38 bits per heavy atom. The van der Waals surface area contributed by atoms with Crippen LogP contribution in [-0.4, -0.2) is 13.1 Å². The molecule has 0 atom stereocenters. The van der Waals surface area contributed by atoms with E-state index in [-0.39, 0.29) is 12.4 Å². The molecule has 88 valence electrons. The fourth-order valence-electron chi connectivity index (χ4n) is 2.18. The summed E-state index contributed by atoms with van der Waals surface area (Å²) >= 11 is 0. The average Bonchev–Trinajstić information content (AvgIpc) is 2.31. The third kappa shape index (κ3) is 2.35. The van der Waals surface area contributed by atoms with Crippen LogP contribution in [0.15, 0.2) is 18.2 Å². The number of rotatable bonds is 2. The Labute approximate surface area is 96.2 Å². The van der Waals surface area contributed by atoms with Crippen molar-refractivity contribution < 1.29 is 4.39 Å². The molecule has 2 rings (SSSR count). The molecule has 2 nitrogen and oxygen atoms in total. The van der Waals surface area contributed by atoms with Crippen LogP contribution >= 0.6 is 0 Å². The molecule has 0 spiro atoms. The summed E-state index contributed by atoms with van der Waals surface area (Å²) in [6.07, 6.45) is 2.44. The molecule has 1 aliphatic rings. The molecule has 0 aromatic heterocycles. The molecule has 1 aliphatic heterocycles. The molecule has 1 fully saturated rings. The summed E-state index contributed by atoms with van der Waals surface area (Å²) in [6.45, 7) is 4.69. The Kier molecular flexibility index (Phi) is 3.44. The molecule has 1 aromatic carbocycles. The van der Waals surface area contributed by atoms with Gasteiger partial charge in [0.05, 0.1) is 0 Å². The van der Waals surface area contributed by atoms with E-state index in [0.717, 1.165) is 24.7 Å². The van der Waals surface area contributed by atoms with Gasteiger partial charge in [-0.1, -0.05) is 6.92 Å². The van der Waals surface area contributed by atoms with Crippen LogP contribution in [0, 0.1) is 11.7 Å². The van der Waals surface area contributed by atoms with Gasteiger partial charge >= 0.3 is 0 Å². The van der Waals surface area contributed by atoms with E-state index in [2.05, 4.69) is 11.8 Å². The lowest BCUT2D eigenvalue weighted by atomic mass is 9.98. The minimum atomic E-state index is -0.198. The minimum absolute atomic E-state index is 0.198. The lowest BCUT2D eigenvalue weighted by Gasteiger charge is -2.32. The lowest BCUT2D eigenvalue weighted by Crippen LogP contribution is -2.32. The Bertz CT molecular complexity index is 357. The van der Waals surface area contributed by atoms with Gasteiger partial charge in [-0.05, 0) is 37.0 Å². The predicted molar refractivity (Wildman–Crippen MR) is 64.9 cm³/mol. The molecule has 0 saturated carbocycles. The van der Waals surface area contributed by atoms with Crippen molar-refractivity contribution >= 4 is 5.69 Å². The van der Waals surface area contributed by atoms with Crippen LogP contribution in [0.2, 0.25) is 0 Å². The molecule has 0 amide bonds. The molecule has 0 radical (unpaired) electrons. The first-order chi connectivity index (χ1) is 7.70. The highest BCUT2D eigenvalue weighted by atomic mass is 19.1. The molecule has 0 aliphatic carbocycles. The van der Waals surface area contributed by atoms with Gasteiger partial charge in [0.25, 0.3) is 0 Å². The van der Waals surface area contributed by atoms with E-state index in [1.54, 1.807) is 0 Å². The summed E-state index contributed by atoms with van der Waals surface area (Å²) in [6, 6.07) is 5.26. The second-order valence-electron chi connectivity index (χ2n) is 4.65. The van der Waals surface area contributed by atoms with E-state index in [0.29, 0.717) is 5.56 Å². The van der Waals surface area contributed by atoms with Gasteiger partial charge in [0.2, 0.25) is 0 Å². The van der Waals surface area contributed by atoms with Gasteiger partial charge in [0.1, 0.15) is 5.82 Å². The van der Waals surface area contributed by atoms with E-state index in [1.165, 1.54) is 18.9 Å². The van der Waals surface area contributed by atoms with Crippen LogP contribution in [0.3, 0.4) is 0 Å². The number of piperidine rings is 1. The van der Waals surface area contributed by atoms with Crippen molar-refractivity contribution in [2.24, 2.45) is 11.7 Å². The van der Waals surface area contributed by atoms with Gasteiger partial charge < -0.3 is 10.6 Å². The second kappa shape index (κ2) is 4.83. The number of nitrogens with two attached hydrogens (primary N) is 1. The minimum Gasteiger partial charge on any atom is -0.372 e. The zero-order chi connectivity index (χ0) is 11.5. The van der Waals surface area contributed by atoms with Crippen molar-refractivity contribution in [1.82, 2.24) is 0 Å².